The number of hydrogen-bond donors (Lipinski definition) is 3. The van der Waals surface area contributed by atoms with Crippen LogP contribution in [0.4, 0.5) is 0 Å². The molecule has 0 aromatic rings. The van der Waals surface area contributed by atoms with E-state index in [9.17, 15) is 24.9 Å². The Hall–Kier alpha value is -1.70. The molecule has 3 N–H and O–H groups in total. The molecule has 238 valence electrons. The summed E-state index contributed by atoms with van der Waals surface area (Å²) in [6.07, 6.45) is 7.65. The third kappa shape index (κ3) is 5.75. The lowest BCUT2D eigenvalue weighted by atomic mass is 9.39. The van der Waals surface area contributed by atoms with Gasteiger partial charge in [-0.15, -0.1) is 0 Å². The molecule has 0 aromatic heterocycles. The summed E-state index contributed by atoms with van der Waals surface area (Å²) in [6.45, 7) is 18.9. The van der Waals surface area contributed by atoms with Crippen LogP contribution >= 0.6 is 0 Å². The smallest absolute Gasteiger partial charge is 0.335 e. The number of rotatable bonds is 9. The Morgan fingerprint density at radius 1 is 1.19 bits per heavy atom. The summed E-state index contributed by atoms with van der Waals surface area (Å²) in [5.74, 6) is -1.18. The van der Waals surface area contributed by atoms with Crippen molar-refractivity contribution in [3.8, 4) is 0 Å². The van der Waals surface area contributed by atoms with Crippen molar-refractivity contribution in [1.82, 2.24) is 0 Å². The minimum Gasteiger partial charge on any atom is -0.481 e. The van der Waals surface area contributed by atoms with Crippen molar-refractivity contribution in [3.63, 3.8) is 0 Å². The highest BCUT2D eigenvalue weighted by molar-refractivity contribution is 5.75. The second-order valence-electron chi connectivity index (χ2n) is 15.8. The molecule has 42 heavy (non-hydrogen) atoms. The highest BCUT2D eigenvalue weighted by Gasteiger charge is 2.68. The fourth-order valence-corrected chi connectivity index (χ4v) is 10.0. The maximum absolute atomic E-state index is 13.3. The first-order valence-corrected chi connectivity index (χ1v) is 16.2. The van der Waals surface area contributed by atoms with Gasteiger partial charge in [-0.05, 0) is 107 Å². The van der Waals surface area contributed by atoms with Gasteiger partial charge in [0.2, 0.25) is 0 Å². The van der Waals surface area contributed by atoms with Crippen LogP contribution in [0.2, 0.25) is 0 Å². The summed E-state index contributed by atoms with van der Waals surface area (Å²) >= 11 is 0. The van der Waals surface area contributed by atoms with Crippen LogP contribution in [0.1, 0.15) is 107 Å². The first-order chi connectivity index (χ1) is 19.4. The average molecular weight is 589 g/mol. The van der Waals surface area contributed by atoms with E-state index >= 15 is 0 Å². The van der Waals surface area contributed by atoms with Gasteiger partial charge in [-0.3, -0.25) is 4.79 Å². The molecule has 1 heterocycles. The fourth-order valence-electron chi connectivity index (χ4n) is 10.0. The van der Waals surface area contributed by atoms with Crippen LogP contribution in [-0.2, 0) is 19.1 Å². The van der Waals surface area contributed by atoms with Crippen molar-refractivity contribution in [1.29, 1.82) is 0 Å². The number of fused-ring (bicyclic) bond motifs is 3. The highest BCUT2D eigenvalue weighted by atomic mass is 16.6. The van der Waals surface area contributed by atoms with E-state index < -0.39 is 40.6 Å². The van der Waals surface area contributed by atoms with E-state index in [1.54, 1.807) is 27.7 Å². The molecule has 4 aliphatic rings. The molecular formula is C35H56O7. The van der Waals surface area contributed by atoms with Gasteiger partial charge < -0.3 is 24.8 Å². The van der Waals surface area contributed by atoms with Crippen molar-refractivity contribution in [3.05, 3.63) is 23.3 Å². The molecule has 1 aliphatic heterocycles. The Balaban J connectivity index is 1.77. The average Bonchev–Trinajstić information content (AvgIpc) is 3.46. The molecule has 0 bridgehead atoms. The molecule has 0 radical (unpaired) electrons. The normalized spacial score (nSPS) is 40.6. The lowest BCUT2D eigenvalue weighted by Crippen LogP contribution is -2.64. The number of carbonyl (C=O) groups excluding carboxylic acids is 1. The minimum atomic E-state index is -1.23. The fraction of sp³-hybridized carbons (Fsp3) is 0.829. The molecule has 0 spiro atoms. The minimum absolute atomic E-state index is 0.000145. The van der Waals surface area contributed by atoms with Crippen LogP contribution in [0.5, 0.6) is 0 Å². The number of allylic oxidation sites excluding steroid dienone is 2. The first kappa shape index (κ1) is 33.2. The molecule has 10 atom stereocenters. The van der Waals surface area contributed by atoms with Crippen LogP contribution < -0.4 is 0 Å². The van der Waals surface area contributed by atoms with Gasteiger partial charge >= 0.3 is 11.9 Å². The van der Waals surface area contributed by atoms with Crippen molar-refractivity contribution in [2.75, 3.05) is 6.61 Å². The van der Waals surface area contributed by atoms with Gasteiger partial charge in [0.05, 0.1) is 18.3 Å². The predicted molar refractivity (Wildman–Crippen MR) is 163 cm³/mol. The Morgan fingerprint density at radius 2 is 1.86 bits per heavy atom. The van der Waals surface area contributed by atoms with Crippen molar-refractivity contribution < 1.29 is 34.4 Å². The van der Waals surface area contributed by atoms with Crippen LogP contribution in [-0.4, -0.2) is 57.8 Å². The summed E-state index contributed by atoms with van der Waals surface area (Å²) in [6, 6.07) is 0. The SMILES string of the molecule is CC(C)=C[C@@H]1C[C@@H]([C@@H]2CC=C3[C@]4(C)[C@H](OC(=O)[C@H](O)C(C)C)CC(C(C)(C)O)[C@](C)(CCC(=O)O)[C@H]4CC[C@]32C)CO1. The zero-order valence-electron chi connectivity index (χ0n) is 27.4. The number of aliphatic hydroxyl groups is 2. The van der Waals surface area contributed by atoms with Crippen molar-refractivity contribution in [2.45, 2.75) is 131 Å². The maximum atomic E-state index is 13.3. The van der Waals surface area contributed by atoms with Crippen molar-refractivity contribution in [2.24, 2.45) is 45.8 Å². The standard InChI is InChI=1S/C35H56O7/c1-20(2)16-23-17-22(19-41-23)24-10-11-25-33(24,7)14-12-26-34(8,15-13-29(36)37)27(32(5,6)40)18-28(35(25,26)9)42-31(39)30(38)21(3)4/h11,16,21-24,26-28,30,38,40H,10,12-15,17-19H2,1-9H3,(H,36,37)/t22-,23-,24+,26-,27?,28-,30-,33+,34-,35+/m1/s1. The van der Waals surface area contributed by atoms with Gasteiger partial charge in [0.15, 0.2) is 6.10 Å². The Morgan fingerprint density at radius 3 is 2.43 bits per heavy atom. The molecule has 3 fully saturated rings. The second-order valence-corrected chi connectivity index (χ2v) is 15.8. The third-order valence-electron chi connectivity index (χ3n) is 12.0. The van der Waals surface area contributed by atoms with Gasteiger partial charge in [-0.25, -0.2) is 4.79 Å². The first-order valence-electron chi connectivity index (χ1n) is 16.2. The van der Waals surface area contributed by atoms with Crippen LogP contribution in [0.25, 0.3) is 0 Å². The molecule has 2 saturated carbocycles. The Bertz CT molecular complexity index is 1100. The van der Waals surface area contributed by atoms with Crippen LogP contribution in [0.3, 0.4) is 0 Å². The highest BCUT2D eigenvalue weighted by Crippen LogP contribution is 2.72. The number of carboxylic acids is 1. The van der Waals surface area contributed by atoms with E-state index in [0.717, 1.165) is 32.3 Å². The van der Waals surface area contributed by atoms with Gasteiger partial charge in [0.1, 0.15) is 6.10 Å². The summed E-state index contributed by atoms with van der Waals surface area (Å²) in [5.41, 5.74) is 0.329. The number of esters is 1. The topological polar surface area (TPSA) is 113 Å². The zero-order chi connectivity index (χ0) is 31.4. The van der Waals surface area contributed by atoms with Gasteiger partial charge in [0.25, 0.3) is 0 Å². The number of hydrogen-bond acceptors (Lipinski definition) is 6. The van der Waals surface area contributed by atoms with Crippen LogP contribution in [0, 0.1) is 45.8 Å². The van der Waals surface area contributed by atoms with Gasteiger partial charge in [0, 0.05) is 11.8 Å². The molecule has 1 saturated heterocycles. The molecule has 7 heteroatoms. The van der Waals surface area contributed by atoms with E-state index in [0.29, 0.717) is 24.7 Å². The number of carboxylic acid groups (broad SMARTS) is 1. The third-order valence-corrected chi connectivity index (χ3v) is 12.0. The second kappa shape index (κ2) is 11.7. The molecule has 0 aromatic carbocycles. The molecule has 3 aliphatic carbocycles. The summed E-state index contributed by atoms with van der Waals surface area (Å²) in [5, 5.41) is 31.9. The molecular weight excluding hydrogens is 532 g/mol. The monoisotopic (exact) mass is 588 g/mol. The summed E-state index contributed by atoms with van der Waals surface area (Å²) in [7, 11) is 0. The molecule has 1 unspecified atom stereocenters. The van der Waals surface area contributed by atoms with E-state index in [-0.39, 0.29) is 35.7 Å². The zero-order valence-corrected chi connectivity index (χ0v) is 27.4. The quantitative estimate of drug-likeness (QED) is 0.213. The van der Waals surface area contributed by atoms with Crippen LogP contribution in [0.15, 0.2) is 23.3 Å². The lowest BCUT2D eigenvalue weighted by Gasteiger charge is -2.66. The number of aliphatic carboxylic acids is 1. The molecule has 7 nitrogen and oxygen atoms in total. The summed E-state index contributed by atoms with van der Waals surface area (Å²) < 4.78 is 12.5. The molecule has 0 amide bonds. The molecule has 4 rings (SSSR count). The predicted octanol–water partition coefficient (Wildman–Crippen LogP) is 6.32. The Labute approximate surface area is 253 Å². The summed E-state index contributed by atoms with van der Waals surface area (Å²) in [4.78, 5) is 25.2. The van der Waals surface area contributed by atoms with Gasteiger partial charge in [-0.2, -0.15) is 0 Å². The lowest BCUT2D eigenvalue weighted by molar-refractivity contribution is -0.214. The van der Waals surface area contributed by atoms with E-state index in [1.165, 1.54) is 11.1 Å². The maximum Gasteiger partial charge on any atom is 0.335 e. The van der Waals surface area contributed by atoms with Gasteiger partial charge in [-0.1, -0.05) is 57.9 Å². The number of aliphatic hydroxyl groups excluding tert-OH is 1. The number of carbonyl (C=O) groups is 2. The van der Waals surface area contributed by atoms with E-state index in [1.807, 2.05) is 0 Å². The van der Waals surface area contributed by atoms with Crippen molar-refractivity contribution >= 4 is 11.9 Å². The van der Waals surface area contributed by atoms with E-state index in [4.69, 9.17) is 9.47 Å². The Kier molecular flexibility index (Phi) is 9.22. The van der Waals surface area contributed by atoms with E-state index in [2.05, 4.69) is 46.8 Å². The number of ether oxygens (including phenoxy) is 2. The largest absolute Gasteiger partial charge is 0.481 e.